The summed E-state index contributed by atoms with van der Waals surface area (Å²) >= 11 is 0. The number of quaternary nitrogens is 1. The summed E-state index contributed by atoms with van der Waals surface area (Å²) in [6.45, 7) is -1.81. The second-order valence-corrected chi connectivity index (χ2v) is 9.97. The van der Waals surface area contributed by atoms with Crippen molar-refractivity contribution in [1.82, 2.24) is 4.98 Å². The molecule has 2 aromatic carbocycles. The zero-order chi connectivity index (χ0) is 28.1. The predicted molar refractivity (Wildman–Crippen MR) is 115 cm³/mol. The number of hydrogen-bond donors (Lipinski definition) is 0. The van der Waals surface area contributed by atoms with Crippen molar-refractivity contribution in [2.75, 3.05) is 11.4 Å². The third-order valence-electron chi connectivity index (χ3n) is 5.54. The van der Waals surface area contributed by atoms with Crippen LogP contribution in [0, 0.1) is 0 Å². The molecule has 16 heteroatoms. The van der Waals surface area contributed by atoms with Gasteiger partial charge in [0.2, 0.25) is 6.54 Å². The molecule has 0 saturated carbocycles. The highest BCUT2D eigenvalue weighted by Gasteiger charge is 2.60. The van der Waals surface area contributed by atoms with Gasteiger partial charge in [0.15, 0.2) is 6.54 Å². The first-order valence-corrected chi connectivity index (χ1v) is 11.8. The normalized spacial score (nSPS) is 18.7. The number of aromatic nitrogens is 1. The highest BCUT2D eigenvalue weighted by Crippen LogP contribution is 2.35. The van der Waals surface area contributed by atoms with Gasteiger partial charge in [-0.15, -0.1) is 0 Å². The lowest BCUT2D eigenvalue weighted by Gasteiger charge is -2.27. The zero-order valence-electron chi connectivity index (χ0n) is 18.7. The summed E-state index contributed by atoms with van der Waals surface area (Å²) in [7, 11) is -5.75. The molecule has 2 heterocycles. The summed E-state index contributed by atoms with van der Waals surface area (Å²) in [6.07, 6.45) is -4.24. The smallest absolute Gasteiger partial charge is 0.267 e. The van der Waals surface area contributed by atoms with Gasteiger partial charge in [-0.1, -0.05) is 18.2 Å². The maximum absolute atomic E-state index is 13.4. The van der Waals surface area contributed by atoms with Crippen LogP contribution >= 0.6 is 0 Å². The Morgan fingerprint density at radius 1 is 0.974 bits per heavy atom. The summed E-state index contributed by atoms with van der Waals surface area (Å²) in [6, 6.07) is 8.56. The van der Waals surface area contributed by atoms with Crippen LogP contribution in [0.5, 0.6) is 0 Å². The lowest BCUT2D eigenvalue weighted by molar-refractivity contribution is -1.02. The average Bonchev–Trinajstić information content (AvgIpc) is 3.07. The first-order valence-electron chi connectivity index (χ1n) is 10.4. The molecule has 1 atom stereocenters. The number of para-hydroxylation sites is 1. The fraction of sp³-hybridized carbons (Fsp3) is 0.182. The maximum atomic E-state index is 13.4. The Bertz CT molecular complexity index is 1550. The van der Waals surface area contributed by atoms with Crippen LogP contribution in [0.2, 0.25) is 0 Å². The van der Waals surface area contributed by atoms with Crippen LogP contribution in [0.15, 0.2) is 65.7 Å². The number of sulfone groups is 1. The summed E-state index contributed by atoms with van der Waals surface area (Å²) in [4.78, 5) is 45.8. The van der Waals surface area contributed by atoms with E-state index in [1.807, 2.05) is 0 Å². The Morgan fingerprint density at radius 3 is 2.21 bits per heavy atom. The van der Waals surface area contributed by atoms with Gasteiger partial charge in [0.05, 0.1) is 16.1 Å². The topological polar surface area (TPSA) is 111 Å². The molecule has 3 aromatic rings. The van der Waals surface area contributed by atoms with E-state index in [2.05, 4.69) is 9.82 Å². The summed E-state index contributed by atoms with van der Waals surface area (Å²) in [5.41, 5.74) is -5.50. The number of carbonyl (C=O) groups is 3. The number of pyridine rings is 1. The Morgan fingerprint density at radius 2 is 1.61 bits per heavy atom. The van der Waals surface area contributed by atoms with E-state index in [1.54, 1.807) is 24.3 Å². The molecule has 0 spiro atoms. The fourth-order valence-electron chi connectivity index (χ4n) is 3.81. The molecule has 200 valence electrons. The number of alkyl halides is 6. The van der Waals surface area contributed by atoms with Gasteiger partial charge < -0.3 is 0 Å². The second-order valence-electron chi connectivity index (χ2n) is 8.02. The molecule has 0 aliphatic carbocycles. The van der Waals surface area contributed by atoms with E-state index in [0.29, 0.717) is 40.1 Å². The standard InChI is InChI=1S/C22H14F6N3O6S/c23-21(24,25)19(33)37-31(11-13-9-10-29-17-4-2-1-3-16(13)17)12-18(32)30(20(31)34)14-5-7-15(8-6-14)38(35,36)22(26,27)28/h1-10H,11-12H2/q+1. The molecule has 3 amide bonds. The number of hydrogen-bond acceptors (Lipinski definition) is 7. The zero-order valence-corrected chi connectivity index (χ0v) is 19.5. The Balaban J connectivity index is 1.76. The molecule has 1 aliphatic heterocycles. The molecule has 1 aliphatic rings. The van der Waals surface area contributed by atoms with Gasteiger partial charge in [0, 0.05) is 17.1 Å². The fourth-order valence-corrected chi connectivity index (χ4v) is 4.58. The minimum absolute atomic E-state index is 0.195. The van der Waals surface area contributed by atoms with Gasteiger partial charge >= 0.3 is 23.7 Å². The van der Waals surface area contributed by atoms with E-state index in [1.165, 1.54) is 12.3 Å². The number of nitrogens with zero attached hydrogens (tertiary/aromatic N) is 3. The SMILES string of the molecule is O=C1C[N+](Cc2ccnc3ccccc23)(OC(=O)C(F)(F)F)C(=O)N1c1ccc(S(=O)(=O)C(F)(F)F)cc1. The molecule has 38 heavy (non-hydrogen) atoms. The lowest BCUT2D eigenvalue weighted by Crippen LogP contribution is -2.53. The molecule has 0 radical (unpaired) electrons. The van der Waals surface area contributed by atoms with E-state index >= 15 is 0 Å². The maximum Gasteiger partial charge on any atom is 0.501 e. The molecule has 1 aromatic heterocycles. The van der Waals surface area contributed by atoms with Crippen molar-refractivity contribution in [3.63, 3.8) is 0 Å². The second kappa shape index (κ2) is 9.05. The van der Waals surface area contributed by atoms with Crippen molar-refractivity contribution in [1.29, 1.82) is 0 Å². The molecule has 4 rings (SSSR count). The van der Waals surface area contributed by atoms with Crippen LogP contribution in [-0.2, 0) is 30.8 Å². The number of imide groups is 1. The monoisotopic (exact) mass is 562 g/mol. The highest BCUT2D eigenvalue weighted by atomic mass is 32.2. The Kier molecular flexibility index (Phi) is 6.43. The van der Waals surface area contributed by atoms with E-state index in [-0.39, 0.29) is 5.56 Å². The summed E-state index contributed by atoms with van der Waals surface area (Å²) in [5.74, 6) is -3.92. The van der Waals surface area contributed by atoms with Crippen molar-refractivity contribution < 1.29 is 58.6 Å². The largest absolute Gasteiger partial charge is 0.501 e. The number of halogens is 6. The molecular formula is C22H14F6N3O6S+. The molecular weight excluding hydrogens is 548 g/mol. The van der Waals surface area contributed by atoms with E-state index < -0.39 is 67.7 Å². The molecule has 1 saturated heterocycles. The van der Waals surface area contributed by atoms with Gasteiger partial charge in [-0.05, 0) is 41.0 Å². The van der Waals surface area contributed by atoms with Gasteiger partial charge in [-0.3, -0.25) is 14.6 Å². The highest BCUT2D eigenvalue weighted by molar-refractivity contribution is 7.92. The molecule has 1 fully saturated rings. The minimum Gasteiger partial charge on any atom is -0.267 e. The number of anilines is 1. The number of hydroxylamine groups is 3. The van der Waals surface area contributed by atoms with Crippen molar-refractivity contribution in [2.24, 2.45) is 0 Å². The van der Waals surface area contributed by atoms with Crippen LogP contribution in [-0.4, -0.2) is 54.2 Å². The van der Waals surface area contributed by atoms with Crippen molar-refractivity contribution in [3.8, 4) is 0 Å². The van der Waals surface area contributed by atoms with Crippen LogP contribution < -0.4 is 4.90 Å². The number of fused-ring (bicyclic) bond motifs is 1. The first-order chi connectivity index (χ1) is 17.6. The number of benzene rings is 2. The number of carbonyl (C=O) groups excluding carboxylic acids is 3. The van der Waals surface area contributed by atoms with Crippen molar-refractivity contribution >= 4 is 44.3 Å². The first kappa shape index (κ1) is 27.0. The van der Waals surface area contributed by atoms with Crippen LogP contribution in [0.3, 0.4) is 0 Å². The quantitative estimate of drug-likeness (QED) is 0.262. The van der Waals surface area contributed by atoms with E-state index in [4.69, 9.17) is 0 Å². The molecule has 0 N–H and O–H groups in total. The third-order valence-corrected chi connectivity index (χ3v) is 7.05. The number of urea groups is 1. The lowest BCUT2D eigenvalue weighted by atomic mass is 10.1. The molecule has 0 bridgehead atoms. The number of amides is 3. The average molecular weight is 562 g/mol. The van der Waals surface area contributed by atoms with Crippen molar-refractivity contribution in [2.45, 2.75) is 23.1 Å². The van der Waals surface area contributed by atoms with Crippen molar-refractivity contribution in [3.05, 3.63) is 66.4 Å². The van der Waals surface area contributed by atoms with E-state index in [0.717, 1.165) is 0 Å². The van der Waals surface area contributed by atoms with Crippen LogP contribution in [0.4, 0.5) is 36.8 Å². The molecule has 9 nitrogen and oxygen atoms in total. The van der Waals surface area contributed by atoms with E-state index in [9.17, 15) is 49.1 Å². The molecule has 1 unspecified atom stereocenters. The Labute approximate surface area is 209 Å². The summed E-state index contributed by atoms with van der Waals surface area (Å²) < 4.78 is 99.2. The van der Waals surface area contributed by atoms with Gasteiger partial charge in [0.25, 0.3) is 15.7 Å². The Hall–Kier alpha value is -4.05. The number of rotatable bonds is 5. The summed E-state index contributed by atoms with van der Waals surface area (Å²) in [5, 5.41) is 0.385. The van der Waals surface area contributed by atoms with Crippen LogP contribution in [0.1, 0.15) is 5.56 Å². The minimum atomic E-state index is -5.75. The predicted octanol–water partition coefficient (Wildman–Crippen LogP) is 4.03. The van der Waals surface area contributed by atoms with Gasteiger partial charge in [0.1, 0.15) is 0 Å². The van der Waals surface area contributed by atoms with Gasteiger partial charge in [-0.25, -0.2) is 18.0 Å². The van der Waals surface area contributed by atoms with Gasteiger partial charge in [-0.2, -0.15) is 31.2 Å². The third kappa shape index (κ3) is 4.67. The van der Waals surface area contributed by atoms with Crippen LogP contribution in [0.25, 0.3) is 10.9 Å².